The molecule has 0 aliphatic rings. The van der Waals surface area contributed by atoms with Crippen LogP contribution in [0.15, 0.2) is 71.9 Å². The molecule has 0 fully saturated rings. The van der Waals surface area contributed by atoms with E-state index in [0.717, 1.165) is 5.39 Å². The molecule has 3 aromatic rings. The van der Waals surface area contributed by atoms with Crippen LogP contribution in [0.1, 0.15) is 0 Å². The second-order valence-electron chi connectivity index (χ2n) is 4.32. The van der Waals surface area contributed by atoms with E-state index in [0.29, 0.717) is 11.1 Å². The summed E-state index contributed by atoms with van der Waals surface area (Å²) in [6.45, 7) is 0. The third-order valence-corrected chi connectivity index (χ3v) is 4.40. The Morgan fingerprint density at radius 2 is 1.70 bits per heavy atom. The van der Waals surface area contributed by atoms with Crippen molar-refractivity contribution in [2.45, 2.75) is 4.90 Å². The SMILES string of the molecule is O=S(=O)(Nc1ccccc1)c1cccc2ccncc12. The molecule has 1 N–H and O–H groups in total. The average molecular weight is 284 g/mol. The zero-order chi connectivity index (χ0) is 14.0. The number of hydrogen-bond donors (Lipinski definition) is 1. The Morgan fingerprint density at radius 3 is 2.50 bits per heavy atom. The topological polar surface area (TPSA) is 59.1 Å². The molecule has 0 spiro atoms. The first kappa shape index (κ1) is 12.6. The summed E-state index contributed by atoms with van der Waals surface area (Å²) in [7, 11) is -3.63. The molecule has 0 bridgehead atoms. The normalized spacial score (nSPS) is 11.4. The summed E-state index contributed by atoms with van der Waals surface area (Å²) in [6, 6.07) is 15.8. The van der Waals surface area contributed by atoms with Crippen LogP contribution in [0.2, 0.25) is 0 Å². The van der Waals surface area contributed by atoms with Gasteiger partial charge in [0.05, 0.1) is 4.90 Å². The van der Waals surface area contributed by atoms with Gasteiger partial charge in [0.15, 0.2) is 0 Å². The third kappa shape index (κ3) is 2.35. The molecule has 0 amide bonds. The van der Waals surface area contributed by atoms with E-state index in [1.165, 1.54) is 0 Å². The number of rotatable bonds is 3. The lowest BCUT2D eigenvalue weighted by molar-refractivity contribution is 0.602. The van der Waals surface area contributed by atoms with Crippen molar-refractivity contribution in [3.8, 4) is 0 Å². The number of fused-ring (bicyclic) bond motifs is 1. The molecule has 0 aliphatic carbocycles. The van der Waals surface area contributed by atoms with Crippen molar-refractivity contribution in [2.24, 2.45) is 0 Å². The maximum absolute atomic E-state index is 12.5. The minimum absolute atomic E-state index is 0.229. The van der Waals surface area contributed by atoms with Gasteiger partial charge in [0.2, 0.25) is 0 Å². The predicted molar refractivity (Wildman–Crippen MR) is 79.0 cm³/mol. The first-order valence-corrected chi connectivity index (χ1v) is 7.56. The van der Waals surface area contributed by atoms with Crippen LogP contribution < -0.4 is 4.72 Å². The number of pyridine rings is 1. The molecule has 5 heteroatoms. The summed E-state index contributed by atoms with van der Waals surface area (Å²) in [6.07, 6.45) is 3.21. The number of nitrogens with zero attached hydrogens (tertiary/aromatic N) is 1. The minimum atomic E-state index is -3.63. The third-order valence-electron chi connectivity index (χ3n) is 2.96. The van der Waals surface area contributed by atoms with Crippen molar-refractivity contribution in [3.63, 3.8) is 0 Å². The molecule has 2 aromatic carbocycles. The standard InChI is InChI=1S/C15H12N2O2S/c18-20(19,17-13-6-2-1-3-7-13)15-8-4-5-12-9-10-16-11-14(12)15/h1-11,17H. The lowest BCUT2D eigenvalue weighted by atomic mass is 10.2. The summed E-state index contributed by atoms with van der Waals surface area (Å²) < 4.78 is 27.5. The maximum Gasteiger partial charge on any atom is 0.262 e. The Bertz CT molecular complexity index is 841. The zero-order valence-corrected chi connectivity index (χ0v) is 11.3. The van der Waals surface area contributed by atoms with Crippen LogP contribution in [0.4, 0.5) is 5.69 Å². The van der Waals surface area contributed by atoms with Gasteiger partial charge < -0.3 is 0 Å². The molecule has 3 rings (SSSR count). The Morgan fingerprint density at radius 1 is 0.900 bits per heavy atom. The van der Waals surface area contributed by atoms with Crippen LogP contribution in [0.3, 0.4) is 0 Å². The van der Waals surface area contributed by atoms with Crippen LogP contribution in [0, 0.1) is 0 Å². The van der Waals surface area contributed by atoms with Gasteiger partial charge in [-0.2, -0.15) is 0 Å². The lowest BCUT2D eigenvalue weighted by Gasteiger charge is -2.10. The highest BCUT2D eigenvalue weighted by Gasteiger charge is 2.17. The van der Waals surface area contributed by atoms with E-state index in [4.69, 9.17) is 0 Å². The Labute approximate surface area is 117 Å². The number of para-hydroxylation sites is 1. The van der Waals surface area contributed by atoms with Crippen molar-refractivity contribution >= 4 is 26.5 Å². The Hall–Kier alpha value is -2.40. The minimum Gasteiger partial charge on any atom is -0.280 e. The monoisotopic (exact) mass is 284 g/mol. The molecule has 20 heavy (non-hydrogen) atoms. The second-order valence-corrected chi connectivity index (χ2v) is 5.98. The molecule has 0 saturated heterocycles. The van der Waals surface area contributed by atoms with Crippen LogP contribution in [0.5, 0.6) is 0 Å². The maximum atomic E-state index is 12.5. The number of benzene rings is 2. The number of sulfonamides is 1. The fourth-order valence-corrected chi connectivity index (χ4v) is 3.31. The summed E-state index contributed by atoms with van der Waals surface area (Å²) in [4.78, 5) is 4.23. The van der Waals surface area contributed by atoms with E-state index < -0.39 is 10.0 Å². The highest BCUT2D eigenvalue weighted by Crippen LogP contribution is 2.23. The summed E-state index contributed by atoms with van der Waals surface area (Å²) >= 11 is 0. The molecule has 100 valence electrons. The number of anilines is 1. The fourth-order valence-electron chi connectivity index (χ4n) is 2.04. The van der Waals surface area contributed by atoms with E-state index in [-0.39, 0.29) is 4.90 Å². The molecular weight excluding hydrogens is 272 g/mol. The molecule has 0 unspecified atom stereocenters. The van der Waals surface area contributed by atoms with Gasteiger partial charge in [0.1, 0.15) is 0 Å². The predicted octanol–water partition coefficient (Wildman–Crippen LogP) is 3.04. The quantitative estimate of drug-likeness (QED) is 0.804. The van der Waals surface area contributed by atoms with Gasteiger partial charge in [-0.25, -0.2) is 8.42 Å². The first-order chi connectivity index (χ1) is 9.67. The molecular formula is C15H12N2O2S. The number of hydrogen-bond acceptors (Lipinski definition) is 3. The van der Waals surface area contributed by atoms with Crippen LogP contribution in [-0.2, 0) is 10.0 Å². The summed E-state index contributed by atoms with van der Waals surface area (Å²) in [5, 5.41) is 1.45. The van der Waals surface area contributed by atoms with Gasteiger partial charge >= 0.3 is 0 Å². The highest BCUT2D eigenvalue weighted by molar-refractivity contribution is 7.93. The average Bonchev–Trinajstić information content (AvgIpc) is 2.47. The molecule has 0 aliphatic heterocycles. The van der Waals surface area contributed by atoms with E-state index >= 15 is 0 Å². The summed E-state index contributed by atoms with van der Waals surface area (Å²) in [5.41, 5.74) is 0.536. The Balaban J connectivity index is 2.10. The van der Waals surface area contributed by atoms with Crippen LogP contribution >= 0.6 is 0 Å². The largest absolute Gasteiger partial charge is 0.280 e. The van der Waals surface area contributed by atoms with E-state index in [9.17, 15) is 8.42 Å². The van der Waals surface area contributed by atoms with E-state index in [1.54, 1.807) is 54.9 Å². The van der Waals surface area contributed by atoms with Crippen LogP contribution in [0.25, 0.3) is 10.8 Å². The molecule has 1 heterocycles. The molecule has 0 saturated carbocycles. The van der Waals surface area contributed by atoms with Crippen molar-refractivity contribution in [1.82, 2.24) is 4.98 Å². The molecule has 0 atom stereocenters. The molecule has 1 aromatic heterocycles. The molecule has 4 nitrogen and oxygen atoms in total. The lowest BCUT2D eigenvalue weighted by Crippen LogP contribution is -2.13. The van der Waals surface area contributed by atoms with Crippen molar-refractivity contribution in [1.29, 1.82) is 0 Å². The van der Waals surface area contributed by atoms with Gasteiger partial charge in [-0.15, -0.1) is 0 Å². The van der Waals surface area contributed by atoms with Gasteiger partial charge in [0.25, 0.3) is 10.0 Å². The van der Waals surface area contributed by atoms with Crippen molar-refractivity contribution in [2.75, 3.05) is 4.72 Å². The van der Waals surface area contributed by atoms with Gasteiger partial charge in [-0.3, -0.25) is 9.71 Å². The van der Waals surface area contributed by atoms with Crippen molar-refractivity contribution in [3.05, 3.63) is 67.0 Å². The van der Waals surface area contributed by atoms with E-state index in [2.05, 4.69) is 9.71 Å². The fraction of sp³-hybridized carbons (Fsp3) is 0. The highest BCUT2D eigenvalue weighted by atomic mass is 32.2. The van der Waals surface area contributed by atoms with Gasteiger partial charge in [-0.1, -0.05) is 30.3 Å². The summed E-state index contributed by atoms with van der Waals surface area (Å²) in [5.74, 6) is 0. The molecule has 0 radical (unpaired) electrons. The Kier molecular flexibility index (Phi) is 3.12. The number of nitrogens with one attached hydrogen (secondary N) is 1. The van der Waals surface area contributed by atoms with Gasteiger partial charge in [0, 0.05) is 23.5 Å². The van der Waals surface area contributed by atoms with Crippen molar-refractivity contribution < 1.29 is 8.42 Å². The smallest absolute Gasteiger partial charge is 0.262 e. The van der Waals surface area contributed by atoms with Crippen LogP contribution in [-0.4, -0.2) is 13.4 Å². The number of aromatic nitrogens is 1. The van der Waals surface area contributed by atoms with E-state index in [1.807, 2.05) is 12.1 Å². The second kappa shape index (κ2) is 4.94. The first-order valence-electron chi connectivity index (χ1n) is 6.07. The van der Waals surface area contributed by atoms with Gasteiger partial charge in [-0.05, 0) is 29.7 Å². The zero-order valence-electron chi connectivity index (χ0n) is 10.5.